The minimum absolute atomic E-state index is 0.0569. The van der Waals surface area contributed by atoms with Crippen molar-refractivity contribution in [1.29, 1.82) is 0 Å². The predicted octanol–water partition coefficient (Wildman–Crippen LogP) is 7.01. The third-order valence-electron chi connectivity index (χ3n) is 9.86. The van der Waals surface area contributed by atoms with Crippen LogP contribution in [0.25, 0.3) is 11.1 Å². The van der Waals surface area contributed by atoms with Crippen molar-refractivity contribution in [3.8, 4) is 16.9 Å². The number of aromatic nitrogens is 2. The largest absolute Gasteiger partial charge is 0.496 e. The van der Waals surface area contributed by atoms with E-state index in [9.17, 15) is 14.7 Å². The van der Waals surface area contributed by atoms with Crippen LogP contribution in [0.4, 0.5) is 15.8 Å². The van der Waals surface area contributed by atoms with E-state index in [1.165, 1.54) is 32.1 Å². The van der Waals surface area contributed by atoms with Gasteiger partial charge in [-0.1, -0.05) is 47.5 Å². The molecule has 1 aromatic heterocycles. The molecule has 7 rings (SSSR count). The lowest BCUT2D eigenvalue weighted by Crippen LogP contribution is -2.30. The zero-order chi connectivity index (χ0) is 34.9. The molecule has 262 valence electrons. The van der Waals surface area contributed by atoms with Gasteiger partial charge in [-0.15, -0.1) is 0 Å². The second-order valence-electron chi connectivity index (χ2n) is 13.1. The second kappa shape index (κ2) is 14.7. The van der Waals surface area contributed by atoms with Crippen molar-refractivity contribution in [2.24, 2.45) is 0 Å². The van der Waals surface area contributed by atoms with Crippen LogP contribution in [0.1, 0.15) is 70.2 Å². The third kappa shape index (κ3) is 6.97. The summed E-state index contributed by atoms with van der Waals surface area (Å²) in [5, 5.41) is 20.7. The van der Waals surface area contributed by atoms with Crippen molar-refractivity contribution in [3.05, 3.63) is 93.0 Å². The number of carbonyl (C=O) groups excluding carboxylic acids is 2. The fourth-order valence-electron chi connectivity index (χ4n) is 7.31. The van der Waals surface area contributed by atoms with E-state index in [1.54, 1.807) is 36.4 Å². The van der Waals surface area contributed by atoms with Crippen LogP contribution in [0.3, 0.4) is 0 Å². The number of hydrogen-bond donors (Lipinski definition) is 3. The van der Waals surface area contributed by atoms with Gasteiger partial charge in [-0.05, 0) is 75.5 Å². The van der Waals surface area contributed by atoms with Crippen LogP contribution in [-0.4, -0.2) is 75.9 Å². The number of amides is 2. The van der Waals surface area contributed by atoms with Crippen LogP contribution in [0.2, 0.25) is 10.0 Å². The highest BCUT2D eigenvalue weighted by Crippen LogP contribution is 2.41. The Hall–Kier alpha value is -4.00. The van der Waals surface area contributed by atoms with Crippen molar-refractivity contribution in [2.45, 2.75) is 57.3 Å². The van der Waals surface area contributed by atoms with Gasteiger partial charge >= 0.3 is 0 Å². The number of aliphatic hydroxyl groups excluding tert-OH is 1. The highest BCUT2D eigenvalue weighted by atomic mass is 35.5. The Kier molecular flexibility index (Phi) is 10.1. The average Bonchev–Trinajstić information content (AvgIpc) is 3.89. The first-order valence-corrected chi connectivity index (χ1v) is 17.7. The van der Waals surface area contributed by atoms with Gasteiger partial charge in [0, 0.05) is 48.4 Å². The van der Waals surface area contributed by atoms with Gasteiger partial charge < -0.3 is 20.5 Å². The van der Waals surface area contributed by atoms with Crippen LogP contribution < -0.4 is 15.4 Å². The average molecular weight is 722 g/mol. The number of hydrogen-bond acceptors (Lipinski definition) is 7. The Morgan fingerprint density at radius 2 is 1.60 bits per heavy atom. The quantitative estimate of drug-likeness (QED) is 0.171. The maximum atomic E-state index is 15.3. The zero-order valence-corrected chi connectivity index (χ0v) is 29.2. The summed E-state index contributed by atoms with van der Waals surface area (Å²) in [6, 6.07) is 15.2. The summed E-state index contributed by atoms with van der Waals surface area (Å²) in [5.41, 5.74) is 3.56. The number of fused-ring (bicyclic) bond motifs is 1. The number of ether oxygens (including phenoxy) is 1. The van der Waals surface area contributed by atoms with E-state index >= 15 is 4.39 Å². The first kappa shape index (κ1) is 34.4. The molecular formula is C37H39Cl2FN6O4. The molecule has 2 atom stereocenters. The lowest BCUT2D eigenvalue weighted by molar-refractivity contribution is 0.101. The number of carbonyl (C=O) groups is 2. The lowest BCUT2D eigenvalue weighted by Gasteiger charge is -2.31. The minimum atomic E-state index is -0.580. The monoisotopic (exact) mass is 720 g/mol. The summed E-state index contributed by atoms with van der Waals surface area (Å²) in [7, 11) is 1.42. The summed E-state index contributed by atoms with van der Waals surface area (Å²) < 4.78 is 22.7. The highest BCUT2D eigenvalue weighted by molar-refractivity contribution is 6.40. The highest BCUT2D eigenvalue weighted by Gasteiger charge is 2.31. The summed E-state index contributed by atoms with van der Waals surface area (Å²) in [4.78, 5) is 31.2. The first-order chi connectivity index (χ1) is 24.2. The number of likely N-dealkylation sites (tertiary alicyclic amines) is 2. The molecular weight excluding hydrogens is 682 g/mol. The third-order valence-corrected chi connectivity index (χ3v) is 10.7. The first-order valence-electron chi connectivity index (χ1n) is 17.0. The Morgan fingerprint density at radius 1 is 0.920 bits per heavy atom. The van der Waals surface area contributed by atoms with Crippen LogP contribution in [0.5, 0.6) is 5.75 Å². The van der Waals surface area contributed by atoms with Gasteiger partial charge in [0.05, 0.1) is 46.4 Å². The molecule has 2 fully saturated rings. The maximum Gasteiger partial charge on any atom is 0.276 e. The number of benzene rings is 3. The number of anilines is 2. The molecule has 13 heteroatoms. The van der Waals surface area contributed by atoms with Gasteiger partial charge in [0.25, 0.3) is 11.8 Å². The van der Waals surface area contributed by atoms with Crippen molar-refractivity contribution < 1.29 is 23.8 Å². The maximum absolute atomic E-state index is 15.3. The van der Waals surface area contributed by atoms with E-state index in [4.69, 9.17) is 27.9 Å². The fourth-order valence-corrected chi connectivity index (χ4v) is 7.86. The molecule has 0 spiro atoms. The molecule has 4 heterocycles. The molecule has 10 nitrogen and oxygen atoms in total. The molecule has 1 unspecified atom stereocenters. The lowest BCUT2D eigenvalue weighted by atomic mass is 10.0. The van der Waals surface area contributed by atoms with Gasteiger partial charge in [0.1, 0.15) is 11.6 Å². The van der Waals surface area contributed by atoms with E-state index in [0.29, 0.717) is 53.3 Å². The van der Waals surface area contributed by atoms with E-state index in [2.05, 4.69) is 20.6 Å². The zero-order valence-electron chi connectivity index (χ0n) is 27.7. The molecule has 50 heavy (non-hydrogen) atoms. The summed E-state index contributed by atoms with van der Waals surface area (Å²) in [6.45, 7) is 4.27. The normalized spacial score (nSPS) is 19.4. The van der Waals surface area contributed by atoms with Crippen LogP contribution in [0.15, 0.2) is 54.6 Å². The molecule has 4 aromatic rings. The summed E-state index contributed by atoms with van der Waals surface area (Å²) in [5.74, 6) is -1.27. The van der Waals surface area contributed by atoms with Crippen LogP contribution in [-0.2, 0) is 13.1 Å². The molecule has 0 radical (unpaired) electrons. The van der Waals surface area contributed by atoms with Gasteiger partial charge in [-0.2, -0.15) is 5.10 Å². The molecule has 0 saturated carbocycles. The standard InChI is InChI=1S/C37H39Cl2FN6O4/c1-50-33-18-22(17-27(40)26(33)21-44-16-12-23(47)20-44)36(48)41-28-9-4-7-24(34(28)38)25-8-5-10-29(35(25)39)42-37(49)30-19-32-31(45-13-2-3-14-45)11-6-15-46(32)43-30/h4-5,7-10,17-19,23,31,47H,2-3,6,11-16,20-21H2,1H3,(H,41,48)(H,42,49)/t23-,31?/m1/s1. The number of rotatable bonds is 9. The van der Waals surface area contributed by atoms with Crippen LogP contribution >= 0.6 is 23.2 Å². The number of aliphatic hydroxyl groups is 1. The van der Waals surface area contributed by atoms with Gasteiger partial charge in [-0.3, -0.25) is 24.1 Å². The number of nitrogens with zero attached hydrogens (tertiary/aromatic N) is 4. The molecule has 0 bridgehead atoms. The molecule has 2 amide bonds. The SMILES string of the molecule is COc1cc(C(=O)Nc2cccc(-c3cccc(NC(=O)c4cc5n(n4)CCCC5N4CCCC4)c3Cl)c2Cl)cc(F)c1CN1CC[C@@H](O)C1. The number of aryl methyl sites for hydroxylation is 1. The van der Waals surface area contributed by atoms with E-state index in [0.717, 1.165) is 38.2 Å². The van der Waals surface area contributed by atoms with E-state index < -0.39 is 17.8 Å². The molecule has 3 aromatic carbocycles. The van der Waals surface area contributed by atoms with Crippen molar-refractivity contribution in [3.63, 3.8) is 0 Å². The Morgan fingerprint density at radius 3 is 2.24 bits per heavy atom. The Balaban J connectivity index is 1.08. The predicted molar refractivity (Wildman–Crippen MR) is 192 cm³/mol. The smallest absolute Gasteiger partial charge is 0.276 e. The molecule has 0 aliphatic carbocycles. The van der Waals surface area contributed by atoms with Crippen molar-refractivity contribution >= 4 is 46.4 Å². The fraction of sp³-hybridized carbons (Fsp3) is 0.378. The van der Waals surface area contributed by atoms with Gasteiger partial charge in [0.2, 0.25) is 0 Å². The van der Waals surface area contributed by atoms with Gasteiger partial charge in [-0.25, -0.2) is 4.39 Å². The van der Waals surface area contributed by atoms with Crippen molar-refractivity contribution in [1.82, 2.24) is 19.6 Å². The van der Waals surface area contributed by atoms with E-state index in [1.807, 2.05) is 15.6 Å². The number of nitrogens with one attached hydrogen (secondary N) is 2. The molecule has 2 saturated heterocycles. The number of methoxy groups -OCH3 is 1. The molecule has 3 aliphatic rings. The minimum Gasteiger partial charge on any atom is -0.496 e. The summed E-state index contributed by atoms with van der Waals surface area (Å²) >= 11 is 13.7. The number of β-amino-alcohol motifs (C(OH)–C–C–N with tert-alkyl or cyclic N) is 1. The Labute approximate surface area is 300 Å². The second-order valence-corrected chi connectivity index (χ2v) is 13.9. The van der Waals surface area contributed by atoms with Crippen molar-refractivity contribution in [2.75, 3.05) is 43.9 Å². The van der Waals surface area contributed by atoms with Crippen LogP contribution in [0, 0.1) is 5.82 Å². The number of halogens is 3. The molecule has 3 N–H and O–H groups in total. The Bertz CT molecular complexity index is 1930. The van der Waals surface area contributed by atoms with Gasteiger partial charge in [0.15, 0.2) is 5.69 Å². The molecule has 3 aliphatic heterocycles. The van der Waals surface area contributed by atoms with E-state index in [-0.39, 0.29) is 39.9 Å². The summed E-state index contributed by atoms with van der Waals surface area (Å²) in [6.07, 6.45) is 4.66. The topological polar surface area (TPSA) is 112 Å².